The Balaban J connectivity index is 2.28. The number of hydrogen-bond donors (Lipinski definition) is 1. The van der Waals surface area contributed by atoms with Crippen molar-refractivity contribution in [1.82, 2.24) is 0 Å². The lowest BCUT2D eigenvalue weighted by Gasteiger charge is -2.09. The maximum absolute atomic E-state index is 13.2. The zero-order valence-electron chi connectivity index (χ0n) is 11.6. The average Bonchev–Trinajstić information content (AvgIpc) is 2.41. The standard InChI is InChI=1S/C14H20FNO3S/c1-17-7-8-18-5-2-6-19-10-11-9-12(15)3-4-13(11)14(16)20/h3-4,9H,2,5-8,10H2,1H3,(H2,16,20). The molecule has 0 heterocycles. The highest BCUT2D eigenvalue weighted by molar-refractivity contribution is 7.80. The van der Waals surface area contributed by atoms with E-state index in [0.717, 1.165) is 6.42 Å². The van der Waals surface area contributed by atoms with E-state index >= 15 is 0 Å². The molecule has 0 unspecified atom stereocenters. The van der Waals surface area contributed by atoms with E-state index in [-0.39, 0.29) is 17.4 Å². The molecule has 0 atom stereocenters. The van der Waals surface area contributed by atoms with Gasteiger partial charge in [0.15, 0.2) is 0 Å². The summed E-state index contributed by atoms with van der Waals surface area (Å²) in [4.78, 5) is 0.242. The molecule has 1 rings (SSSR count). The van der Waals surface area contributed by atoms with Crippen LogP contribution in [0.1, 0.15) is 17.5 Å². The molecule has 4 nitrogen and oxygen atoms in total. The number of benzene rings is 1. The third kappa shape index (κ3) is 6.38. The third-order valence-corrected chi connectivity index (χ3v) is 2.82. The number of rotatable bonds is 10. The smallest absolute Gasteiger partial charge is 0.123 e. The van der Waals surface area contributed by atoms with Crippen molar-refractivity contribution in [3.63, 3.8) is 0 Å². The molecule has 20 heavy (non-hydrogen) atoms. The number of halogens is 1. The summed E-state index contributed by atoms with van der Waals surface area (Å²) in [6.45, 7) is 2.57. The quantitative estimate of drug-likeness (QED) is 0.529. The van der Waals surface area contributed by atoms with Crippen molar-refractivity contribution in [1.29, 1.82) is 0 Å². The molecule has 0 amide bonds. The minimum atomic E-state index is -0.327. The van der Waals surface area contributed by atoms with Crippen molar-refractivity contribution in [3.8, 4) is 0 Å². The fourth-order valence-electron chi connectivity index (χ4n) is 1.61. The molecule has 0 aromatic heterocycles. The average molecular weight is 301 g/mol. The summed E-state index contributed by atoms with van der Waals surface area (Å²) in [5, 5.41) is 0. The van der Waals surface area contributed by atoms with Crippen molar-refractivity contribution >= 4 is 17.2 Å². The molecule has 0 bridgehead atoms. The second kappa shape index (κ2) is 9.77. The number of nitrogens with two attached hydrogens (primary N) is 1. The second-order valence-corrected chi connectivity index (χ2v) is 4.62. The Bertz CT molecular complexity index is 429. The summed E-state index contributed by atoms with van der Waals surface area (Å²) >= 11 is 4.92. The molecule has 112 valence electrons. The van der Waals surface area contributed by atoms with Crippen molar-refractivity contribution in [3.05, 3.63) is 35.1 Å². The highest BCUT2D eigenvalue weighted by atomic mass is 32.1. The minimum Gasteiger partial charge on any atom is -0.389 e. The molecule has 0 saturated carbocycles. The largest absolute Gasteiger partial charge is 0.389 e. The van der Waals surface area contributed by atoms with Crippen LogP contribution in [0.25, 0.3) is 0 Å². The highest BCUT2D eigenvalue weighted by Gasteiger charge is 2.06. The van der Waals surface area contributed by atoms with Crippen LogP contribution in [0.3, 0.4) is 0 Å². The monoisotopic (exact) mass is 301 g/mol. The molecule has 0 saturated heterocycles. The van der Waals surface area contributed by atoms with Crippen LogP contribution in [0, 0.1) is 5.82 Å². The van der Waals surface area contributed by atoms with Gasteiger partial charge in [0.25, 0.3) is 0 Å². The summed E-state index contributed by atoms with van der Waals surface area (Å²) < 4.78 is 28.8. The lowest BCUT2D eigenvalue weighted by atomic mass is 10.1. The molecule has 0 aliphatic rings. The maximum atomic E-state index is 13.2. The van der Waals surface area contributed by atoms with Gasteiger partial charge in [-0.25, -0.2) is 4.39 Å². The van der Waals surface area contributed by atoms with Crippen LogP contribution >= 0.6 is 12.2 Å². The first-order valence-corrected chi connectivity index (χ1v) is 6.78. The first kappa shape index (κ1) is 17.0. The van der Waals surface area contributed by atoms with Gasteiger partial charge in [0.2, 0.25) is 0 Å². The lowest BCUT2D eigenvalue weighted by Crippen LogP contribution is -2.13. The van der Waals surface area contributed by atoms with Crippen LogP contribution in [0.5, 0.6) is 0 Å². The van der Waals surface area contributed by atoms with Crippen LogP contribution < -0.4 is 5.73 Å². The Morgan fingerprint density at radius 2 is 1.95 bits per heavy atom. The Hall–Kier alpha value is -1.08. The number of hydrogen-bond acceptors (Lipinski definition) is 4. The Kier molecular flexibility index (Phi) is 8.29. The van der Waals surface area contributed by atoms with E-state index in [0.29, 0.717) is 37.6 Å². The zero-order valence-corrected chi connectivity index (χ0v) is 12.4. The fraction of sp³-hybridized carbons (Fsp3) is 0.500. The van der Waals surface area contributed by atoms with Gasteiger partial charge >= 0.3 is 0 Å². The number of thiocarbonyl (C=S) groups is 1. The molecule has 6 heteroatoms. The van der Waals surface area contributed by atoms with Gasteiger partial charge in [-0.2, -0.15) is 0 Å². The Morgan fingerprint density at radius 1 is 1.20 bits per heavy atom. The van der Waals surface area contributed by atoms with Gasteiger partial charge in [0, 0.05) is 25.9 Å². The summed E-state index contributed by atoms with van der Waals surface area (Å²) in [6.07, 6.45) is 0.765. The van der Waals surface area contributed by atoms with Crippen molar-refractivity contribution in [2.75, 3.05) is 33.5 Å². The SMILES string of the molecule is COCCOCCCOCc1cc(F)ccc1C(N)=S. The first-order valence-electron chi connectivity index (χ1n) is 6.37. The Morgan fingerprint density at radius 3 is 2.65 bits per heavy atom. The molecule has 2 N–H and O–H groups in total. The van der Waals surface area contributed by atoms with Gasteiger partial charge in [-0.05, 0) is 30.2 Å². The highest BCUT2D eigenvalue weighted by Crippen LogP contribution is 2.13. The third-order valence-electron chi connectivity index (χ3n) is 2.60. The van der Waals surface area contributed by atoms with Crippen LogP contribution in [-0.4, -0.2) is 38.5 Å². The maximum Gasteiger partial charge on any atom is 0.123 e. The van der Waals surface area contributed by atoms with E-state index in [1.165, 1.54) is 12.1 Å². The molecular weight excluding hydrogens is 281 g/mol. The van der Waals surface area contributed by atoms with Gasteiger partial charge in [-0.3, -0.25) is 0 Å². The molecule has 1 aromatic rings. The van der Waals surface area contributed by atoms with Gasteiger partial charge in [0.1, 0.15) is 10.8 Å². The summed E-state index contributed by atoms with van der Waals surface area (Å²) in [5.41, 5.74) is 6.90. The van der Waals surface area contributed by atoms with Crippen molar-refractivity contribution in [2.45, 2.75) is 13.0 Å². The zero-order chi connectivity index (χ0) is 14.8. The lowest BCUT2D eigenvalue weighted by molar-refractivity contribution is 0.0483. The predicted molar refractivity (Wildman–Crippen MR) is 79.3 cm³/mol. The van der Waals surface area contributed by atoms with Crippen LogP contribution in [-0.2, 0) is 20.8 Å². The molecule has 0 aliphatic carbocycles. The van der Waals surface area contributed by atoms with E-state index in [4.69, 9.17) is 32.2 Å². The molecule has 0 radical (unpaired) electrons. The van der Waals surface area contributed by atoms with Gasteiger partial charge in [-0.1, -0.05) is 12.2 Å². The van der Waals surface area contributed by atoms with E-state index in [9.17, 15) is 4.39 Å². The van der Waals surface area contributed by atoms with Crippen LogP contribution in [0.2, 0.25) is 0 Å². The molecular formula is C14H20FNO3S. The second-order valence-electron chi connectivity index (χ2n) is 4.18. The fourth-order valence-corrected chi connectivity index (χ4v) is 1.81. The number of methoxy groups -OCH3 is 1. The van der Waals surface area contributed by atoms with Crippen molar-refractivity contribution in [2.24, 2.45) is 5.73 Å². The summed E-state index contributed by atoms with van der Waals surface area (Å²) in [7, 11) is 1.63. The van der Waals surface area contributed by atoms with E-state index in [1.54, 1.807) is 13.2 Å². The molecule has 0 spiro atoms. The van der Waals surface area contributed by atoms with E-state index in [2.05, 4.69) is 0 Å². The first-order chi connectivity index (χ1) is 9.65. The predicted octanol–water partition coefficient (Wildman–Crippen LogP) is 2.03. The van der Waals surface area contributed by atoms with Gasteiger partial charge < -0.3 is 19.9 Å². The van der Waals surface area contributed by atoms with Crippen LogP contribution in [0.4, 0.5) is 4.39 Å². The molecule has 1 aromatic carbocycles. The van der Waals surface area contributed by atoms with Gasteiger partial charge in [0.05, 0.1) is 19.8 Å². The van der Waals surface area contributed by atoms with E-state index in [1.807, 2.05) is 0 Å². The Labute approximate surface area is 124 Å². The normalized spacial score (nSPS) is 10.7. The summed E-state index contributed by atoms with van der Waals surface area (Å²) in [5.74, 6) is -0.327. The van der Waals surface area contributed by atoms with Crippen LogP contribution in [0.15, 0.2) is 18.2 Å². The molecule has 0 fully saturated rings. The number of ether oxygens (including phenoxy) is 3. The minimum absolute atomic E-state index is 0.242. The van der Waals surface area contributed by atoms with E-state index < -0.39 is 0 Å². The summed E-state index contributed by atoms with van der Waals surface area (Å²) in [6, 6.07) is 4.30. The molecule has 0 aliphatic heterocycles. The van der Waals surface area contributed by atoms with Gasteiger partial charge in [-0.15, -0.1) is 0 Å². The topological polar surface area (TPSA) is 53.7 Å². The van der Waals surface area contributed by atoms with Crippen molar-refractivity contribution < 1.29 is 18.6 Å².